The van der Waals surface area contributed by atoms with Gasteiger partial charge in [-0.1, -0.05) is 88.9 Å². The summed E-state index contributed by atoms with van der Waals surface area (Å²) in [6.07, 6.45) is 18.3. The Morgan fingerprint density at radius 2 is 1.41 bits per heavy atom. The molecule has 1 spiro atoms. The number of likely N-dealkylation sites (tertiary alicyclic amines) is 1. The quantitative estimate of drug-likeness (QED) is 0.0737. The minimum Gasteiger partial charge on any atom is -0.377 e. The summed E-state index contributed by atoms with van der Waals surface area (Å²) in [7, 11) is 0. The molecule has 17 heteroatoms. The molecule has 0 bridgehead atoms. The number of nitrogens with zero attached hydrogens (tertiary/aromatic N) is 12. The van der Waals surface area contributed by atoms with Crippen LogP contribution in [0.5, 0.6) is 0 Å². The van der Waals surface area contributed by atoms with E-state index < -0.39 is 6.23 Å². The van der Waals surface area contributed by atoms with Gasteiger partial charge < -0.3 is 29.3 Å². The largest absolute Gasteiger partial charge is 0.377 e. The predicted octanol–water partition coefficient (Wildman–Crippen LogP) is 11.3. The van der Waals surface area contributed by atoms with Gasteiger partial charge in [-0.15, -0.1) is 5.92 Å². The van der Waals surface area contributed by atoms with E-state index in [1.165, 1.54) is 28.7 Å². The Bertz CT molecular complexity index is 3670. The van der Waals surface area contributed by atoms with E-state index in [0.717, 1.165) is 153 Å². The molecule has 85 heavy (non-hydrogen) atoms. The first kappa shape index (κ1) is 56.8. The molecule has 0 amide bonds. The molecule has 8 aromatic rings. The third-order valence-corrected chi connectivity index (χ3v) is 20.0. The molecular formula is C68H84N14O3. The number of nitrogens with one attached hydrogen (secondary N) is 2. The number of fused-ring (bicyclic) bond motifs is 2. The summed E-state index contributed by atoms with van der Waals surface area (Å²) in [6, 6.07) is 26.9. The predicted molar refractivity (Wildman–Crippen MR) is 337 cm³/mol. The van der Waals surface area contributed by atoms with Crippen molar-refractivity contribution in [2.75, 3.05) is 73.9 Å². The molecular weight excluding hydrogens is 1060 g/mol. The van der Waals surface area contributed by atoms with Crippen LogP contribution in [0.1, 0.15) is 110 Å². The molecule has 4 saturated heterocycles. The number of pyridine rings is 2. The number of H-pyrrole nitrogens is 2. The molecule has 10 heterocycles. The Kier molecular flexibility index (Phi) is 16.4. The average Bonchev–Trinajstić information content (AvgIpc) is 3.01. The molecule has 0 radical (unpaired) electrons. The maximum atomic E-state index is 11.8. The van der Waals surface area contributed by atoms with Crippen molar-refractivity contribution < 1.29 is 14.6 Å². The van der Waals surface area contributed by atoms with Crippen molar-refractivity contribution in [2.24, 2.45) is 35.0 Å². The number of aliphatic hydroxyl groups excluding tert-OH is 1. The highest BCUT2D eigenvalue weighted by molar-refractivity contribution is 5.95. The smallest absolute Gasteiger partial charge is 0.167 e. The van der Waals surface area contributed by atoms with Crippen LogP contribution in [0.2, 0.25) is 0 Å². The topological polar surface area (TPSA) is 170 Å². The lowest BCUT2D eigenvalue weighted by atomic mass is 9.71. The van der Waals surface area contributed by atoms with Crippen LogP contribution in [0.4, 0.5) is 17.3 Å². The van der Waals surface area contributed by atoms with Crippen molar-refractivity contribution in [3.05, 3.63) is 120 Å². The summed E-state index contributed by atoms with van der Waals surface area (Å²) in [6.45, 7) is 22.1. The molecule has 9 atom stereocenters. The van der Waals surface area contributed by atoms with E-state index in [4.69, 9.17) is 29.6 Å². The highest BCUT2D eigenvalue weighted by atomic mass is 16.5. The lowest BCUT2D eigenvalue weighted by Crippen LogP contribution is -2.44. The molecule has 444 valence electrons. The standard InChI is InChI=1S/C68H84N14O3/c1-7-45(3)48(6)56(52(8-2)14-10-11-49-15-17-53(18-16-49)57-35-63(78-29-31-84-41-46(78)4)73-66-59(57)38-71-81(66)61-23-26-69-75-61)34-50-12-9-13-51(33-50)40-77-28-25-68(43-77)37-65(83)80(44-68)55-21-19-54(20-22-55)58-36-64(79-30-32-85-42-47(79)5)74-67-60(58)39-72-82(67)62-24-27-70-76-62/h9,12-13,17,19-24,26-27,33,35-36,38-39,45-49,52,56,65,83H,7-8,14-16,18,25,28-32,34,37,40-44H2,1-6H3,(H,69,75)(H,70,76)/t45?,46-,47-,48?,49?,52?,56?,65?,68?/m1/s1. The highest BCUT2D eigenvalue weighted by Gasteiger charge is 2.47. The summed E-state index contributed by atoms with van der Waals surface area (Å²) >= 11 is 0. The summed E-state index contributed by atoms with van der Waals surface area (Å²) in [4.78, 5) is 19.9. The first-order chi connectivity index (χ1) is 41.5. The Hall–Kier alpha value is -7.36. The van der Waals surface area contributed by atoms with Crippen LogP contribution < -0.4 is 14.7 Å². The van der Waals surface area contributed by atoms with Gasteiger partial charge in [0.2, 0.25) is 0 Å². The van der Waals surface area contributed by atoms with E-state index in [-0.39, 0.29) is 17.5 Å². The van der Waals surface area contributed by atoms with Crippen molar-refractivity contribution in [3.63, 3.8) is 0 Å². The van der Waals surface area contributed by atoms with Crippen LogP contribution in [0.25, 0.3) is 50.4 Å². The first-order valence-corrected chi connectivity index (χ1v) is 31.5. The van der Waals surface area contributed by atoms with Crippen molar-refractivity contribution in [1.82, 2.24) is 54.8 Å². The van der Waals surface area contributed by atoms with Gasteiger partial charge in [0.15, 0.2) is 22.9 Å². The van der Waals surface area contributed by atoms with Crippen LogP contribution in [0.3, 0.4) is 0 Å². The zero-order valence-corrected chi connectivity index (χ0v) is 50.5. The van der Waals surface area contributed by atoms with Crippen molar-refractivity contribution in [1.29, 1.82) is 0 Å². The van der Waals surface area contributed by atoms with E-state index >= 15 is 0 Å². The van der Waals surface area contributed by atoms with Gasteiger partial charge in [0.1, 0.15) is 17.9 Å². The highest BCUT2D eigenvalue weighted by Crippen LogP contribution is 2.45. The van der Waals surface area contributed by atoms with E-state index in [1.54, 1.807) is 12.4 Å². The van der Waals surface area contributed by atoms with Crippen LogP contribution in [0.15, 0.2) is 104 Å². The lowest BCUT2D eigenvalue weighted by molar-refractivity contribution is 0.0985. The summed E-state index contributed by atoms with van der Waals surface area (Å²) < 4.78 is 15.3. The second kappa shape index (κ2) is 24.6. The minimum absolute atomic E-state index is 0.0329. The van der Waals surface area contributed by atoms with Gasteiger partial charge in [0.05, 0.1) is 63.3 Å². The fourth-order valence-corrected chi connectivity index (χ4v) is 14.7. The minimum atomic E-state index is -0.536. The summed E-state index contributed by atoms with van der Waals surface area (Å²) in [5.41, 5.74) is 10.2. The lowest BCUT2D eigenvalue weighted by Gasteiger charge is -2.34. The van der Waals surface area contributed by atoms with Crippen LogP contribution in [0, 0.1) is 46.8 Å². The molecule has 1 aliphatic carbocycles. The molecule has 2 aromatic carbocycles. The third kappa shape index (κ3) is 11.6. The maximum absolute atomic E-state index is 11.8. The Balaban J connectivity index is 0.658. The molecule has 3 N–H and O–H groups in total. The van der Waals surface area contributed by atoms with E-state index in [9.17, 15) is 5.11 Å². The van der Waals surface area contributed by atoms with Crippen molar-refractivity contribution in [3.8, 4) is 34.6 Å². The second-order valence-electron chi connectivity index (χ2n) is 25.4. The SMILES string of the molecule is CCC(C)C(C)C(Cc1cccc(CN2CCC3(CC(O)N(c4ccc(-c5cc(N6CCOC[C@H]6C)nc6c5cnn6-c5ccn[nH]5)cc4)C3)C2)c1)C(CC)CC#CC1CC=C(c2cc(N3CCOC[C@H]3C)nc3c2cnn3-c2ccn[nH]2)CC1. The number of anilines is 3. The normalized spacial score (nSPS) is 23.6. The average molecular weight is 1150 g/mol. The van der Waals surface area contributed by atoms with E-state index in [0.29, 0.717) is 56.0 Å². The van der Waals surface area contributed by atoms with Crippen LogP contribution in [-0.4, -0.2) is 137 Å². The molecule has 6 aromatic heterocycles. The Morgan fingerprint density at radius 1 is 0.753 bits per heavy atom. The molecule has 13 rings (SSSR count). The van der Waals surface area contributed by atoms with Gasteiger partial charge in [-0.25, -0.2) is 9.97 Å². The number of aromatic nitrogens is 10. The maximum Gasteiger partial charge on any atom is 0.167 e. The van der Waals surface area contributed by atoms with Gasteiger partial charge in [0.25, 0.3) is 0 Å². The van der Waals surface area contributed by atoms with Gasteiger partial charge in [0, 0.05) is 85.5 Å². The van der Waals surface area contributed by atoms with Crippen LogP contribution >= 0.6 is 0 Å². The molecule has 5 aliphatic rings. The molecule has 0 saturated carbocycles. The number of allylic oxidation sites excluding steroid dienone is 2. The van der Waals surface area contributed by atoms with Gasteiger partial charge in [-0.2, -0.15) is 29.8 Å². The zero-order chi connectivity index (χ0) is 58.2. The number of aliphatic hydroxyl groups is 1. The molecule has 4 fully saturated rings. The van der Waals surface area contributed by atoms with Gasteiger partial charge >= 0.3 is 0 Å². The number of morpholine rings is 2. The monoisotopic (exact) mass is 1140 g/mol. The number of benzene rings is 2. The van der Waals surface area contributed by atoms with Gasteiger partial charge in [-0.3, -0.25) is 15.1 Å². The number of hydrogen-bond donors (Lipinski definition) is 3. The fourth-order valence-electron chi connectivity index (χ4n) is 14.7. The summed E-state index contributed by atoms with van der Waals surface area (Å²) in [5, 5.41) is 37.9. The van der Waals surface area contributed by atoms with Crippen LogP contribution in [-0.2, 0) is 22.4 Å². The number of ether oxygens (including phenoxy) is 2. The van der Waals surface area contributed by atoms with Crippen molar-refractivity contribution >= 4 is 45.0 Å². The summed E-state index contributed by atoms with van der Waals surface area (Å²) in [5.74, 6) is 13.6. The first-order valence-electron chi connectivity index (χ1n) is 31.5. The molecule has 4 aliphatic heterocycles. The van der Waals surface area contributed by atoms with Gasteiger partial charge in [-0.05, 0) is 134 Å². The zero-order valence-electron chi connectivity index (χ0n) is 50.5. The number of rotatable bonds is 17. The number of aromatic amines is 2. The fraction of sp³-hybridized carbons (Fsp3) is 0.500. The van der Waals surface area contributed by atoms with E-state index in [2.05, 4.69) is 160 Å². The second-order valence-corrected chi connectivity index (χ2v) is 25.4. The van der Waals surface area contributed by atoms with E-state index in [1.807, 2.05) is 33.9 Å². The number of hydrogen-bond acceptors (Lipinski definition) is 13. The molecule has 7 unspecified atom stereocenters. The Morgan fingerprint density at radius 3 is 2.02 bits per heavy atom. The molecule has 17 nitrogen and oxygen atoms in total. The van der Waals surface area contributed by atoms with Crippen molar-refractivity contribution in [2.45, 2.75) is 124 Å². The Labute approximate surface area is 500 Å². The third-order valence-electron chi connectivity index (χ3n) is 20.0.